The lowest BCUT2D eigenvalue weighted by Crippen LogP contribution is -2.22. The molecule has 0 bridgehead atoms. The van der Waals surface area contributed by atoms with Crippen LogP contribution in [0.2, 0.25) is 0 Å². The molecule has 0 unspecified atom stereocenters. The maximum Gasteiger partial charge on any atom is 0.0601 e. The van der Waals surface area contributed by atoms with E-state index in [2.05, 4.69) is 63.9 Å². The summed E-state index contributed by atoms with van der Waals surface area (Å²) in [7, 11) is 0. The van der Waals surface area contributed by atoms with Gasteiger partial charge in [0.05, 0.1) is 12.2 Å². The zero-order chi connectivity index (χ0) is 13.7. The zero-order valence-electron chi connectivity index (χ0n) is 11.4. The number of aryl methyl sites for hydroxylation is 1. The van der Waals surface area contributed by atoms with Crippen LogP contribution < -0.4 is 4.90 Å². The van der Waals surface area contributed by atoms with Gasteiger partial charge in [-0.2, -0.15) is 0 Å². The molecule has 100 valence electrons. The summed E-state index contributed by atoms with van der Waals surface area (Å²) in [5, 5.41) is 0.908. The summed E-state index contributed by atoms with van der Waals surface area (Å²) < 4.78 is 0. The number of hydrogen-bond donors (Lipinski definition) is 0. The normalized spacial score (nSPS) is 10.5. The van der Waals surface area contributed by atoms with Gasteiger partial charge in [-0.3, -0.25) is 4.98 Å². The number of halogens is 1. The summed E-state index contributed by atoms with van der Waals surface area (Å²) in [5.41, 5.74) is 5.04. The lowest BCUT2D eigenvalue weighted by atomic mass is 10.1. The summed E-state index contributed by atoms with van der Waals surface area (Å²) in [5.74, 6) is 0. The van der Waals surface area contributed by atoms with E-state index in [9.17, 15) is 0 Å². The molecule has 0 saturated carbocycles. The van der Waals surface area contributed by atoms with Crippen LogP contribution in [0.4, 0.5) is 5.69 Å². The molecule has 0 aliphatic rings. The molecule has 0 fully saturated rings. The molecule has 1 aromatic carbocycles. The molecule has 1 aromatic heterocycles. The number of alkyl halides is 1. The quantitative estimate of drug-likeness (QED) is 0.763. The fraction of sp³-hybridized carbons (Fsp3) is 0.312. The molecule has 2 rings (SSSR count). The van der Waals surface area contributed by atoms with E-state index >= 15 is 0 Å². The molecule has 0 radical (unpaired) electrons. The fourth-order valence-electron chi connectivity index (χ4n) is 2.10. The van der Waals surface area contributed by atoms with Crippen molar-refractivity contribution in [3.63, 3.8) is 0 Å². The highest BCUT2D eigenvalue weighted by Crippen LogP contribution is 2.22. The van der Waals surface area contributed by atoms with E-state index < -0.39 is 0 Å². The first-order valence-electron chi connectivity index (χ1n) is 6.55. The van der Waals surface area contributed by atoms with Gasteiger partial charge in [0.25, 0.3) is 0 Å². The second kappa shape index (κ2) is 6.71. The Morgan fingerprint density at radius 3 is 2.63 bits per heavy atom. The van der Waals surface area contributed by atoms with Gasteiger partial charge in [-0.1, -0.05) is 28.1 Å². The maximum atomic E-state index is 4.40. The Hall–Kier alpha value is -1.35. The van der Waals surface area contributed by atoms with Gasteiger partial charge in [-0.15, -0.1) is 0 Å². The van der Waals surface area contributed by atoms with Crippen LogP contribution in [0.5, 0.6) is 0 Å². The first kappa shape index (κ1) is 14.1. The summed E-state index contributed by atoms with van der Waals surface area (Å²) in [4.78, 5) is 6.74. The van der Waals surface area contributed by atoms with Crippen molar-refractivity contribution in [3.8, 4) is 0 Å². The van der Waals surface area contributed by atoms with E-state index in [1.165, 1.54) is 16.8 Å². The smallest absolute Gasteiger partial charge is 0.0601 e. The SMILES string of the molecule is CCN(Cc1ccccn1)c1ccc(CBr)c(C)c1. The second-order valence-corrected chi connectivity index (χ2v) is 5.14. The van der Waals surface area contributed by atoms with Crippen LogP contribution in [-0.2, 0) is 11.9 Å². The standard InChI is InChI=1S/C16H19BrN2/c1-3-19(12-15-6-4-5-9-18-15)16-8-7-14(11-17)13(2)10-16/h4-10H,3,11-12H2,1-2H3. The van der Waals surface area contributed by atoms with Crippen molar-refractivity contribution in [2.75, 3.05) is 11.4 Å². The minimum absolute atomic E-state index is 0.852. The number of benzene rings is 1. The molecular formula is C16H19BrN2. The second-order valence-electron chi connectivity index (χ2n) is 4.58. The van der Waals surface area contributed by atoms with Gasteiger partial charge in [0.2, 0.25) is 0 Å². The first-order valence-corrected chi connectivity index (χ1v) is 7.67. The van der Waals surface area contributed by atoms with Crippen LogP contribution >= 0.6 is 15.9 Å². The number of anilines is 1. The Morgan fingerprint density at radius 1 is 1.21 bits per heavy atom. The van der Waals surface area contributed by atoms with E-state index in [1.54, 1.807) is 0 Å². The summed E-state index contributed by atoms with van der Waals surface area (Å²) >= 11 is 3.52. The summed E-state index contributed by atoms with van der Waals surface area (Å²) in [6.07, 6.45) is 1.85. The predicted molar refractivity (Wildman–Crippen MR) is 84.8 cm³/mol. The Balaban J connectivity index is 2.20. The van der Waals surface area contributed by atoms with Crippen molar-refractivity contribution < 1.29 is 0 Å². The fourth-order valence-corrected chi connectivity index (χ4v) is 2.73. The molecule has 0 amide bonds. The molecule has 0 N–H and O–H groups in total. The monoisotopic (exact) mass is 318 g/mol. The van der Waals surface area contributed by atoms with Crippen LogP contribution in [0.25, 0.3) is 0 Å². The maximum absolute atomic E-state index is 4.40. The van der Waals surface area contributed by atoms with Crippen LogP contribution in [0, 0.1) is 6.92 Å². The molecule has 0 atom stereocenters. The Morgan fingerprint density at radius 2 is 2.05 bits per heavy atom. The molecule has 0 saturated heterocycles. The number of nitrogens with zero attached hydrogens (tertiary/aromatic N) is 2. The largest absolute Gasteiger partial charge is 0.366 e. The first-order chi connectivity index (χ1) is 9.24. The van der Waals surface area contributed by atoms with Gasteiger partial charge in [-0.25, -0.2) is 0 Å². The van der Waals surface area contributed by atoms with E-state index in [1.807, 2.05) is 18.3 Å². The highest BCUT2D eigenvalue weighted by atomic mass is 79.9. The van der Waals surface area contributed by atoms with E-state index in [0.29, 0.717) is 0 Å². The molecule has 2 aromatic rings. The average Bonchev–Trinajstić information content (AvgIpc) is 2.46. The lowest BCUT2D eigenvalue weighted by Gasteiger charge is -2.23. The Bertz CT molecular complexity index is 526. The molecule has 1 heterocycles. The van der Waals surface area contributed by atoms with Crippen molar-refractivity contribution >= 4 is 21.6 Å². The van der Waals surface area contributed by atoms with Gasteiger partial charge < -0.3 is 4.90 Å². The molecule has 19 heavy (non-hydrogen) atoms. The molecule has 3 heteroatoms. The topological polar surface area (TPSA) is 16.1 Å². The van der Waals surface area contributed by atoms with Gasteiger partial charge >= 0.3 is 0 Å². The Kier molecular flexibility index (Phi) is 4.97. The molecule has 2 nitrogen and oxygen atoms in total. The van der Waals surface area contributed by atoms with Crippen molar-refractivity contribution in [2.24, 2.45) is 0 Å². The number of aromatic nitrogens is 1. The molecular weight excluding hydrogens is 300 g/mol. The van der Waals surface area contributed by atoms with Crippen molar-refractivity contribution in [1.29, 1.82) is 0 Å². The average molecular weight is 319 g/mol. The van der Waals surface area contributed by atoms with Gasteiger partial charge in [0, 0.05) is 23.8 Å². The van der Waals surface area contributed by atoms with Gasteiger partial charge in [0.1, 0.15) is 0 Å². The third-order valence-electron chi connectivity index (χ3n) is 3.30. The third kappa shape index (κ3) is 3.57. The third-order valence-corrected chi connectivity index (χ3v) is 3.90. The number of rotatable bonds is 5. The zero-order valence-corrected chi connectivity index (χ0v) is 13.0. The number of pyridine rings is 1. The van der Waals surface area contributed by atoms with Gasteiger partial charge in [0.15, 0.2) is 0 Å². The van der Waals surface area contributed by atoms with Crippen LogP contribution in [-0.4, -0.2) is 11.5 Å². The van der Waals surface area contributed by atoms with Crippen LogP contribution in [0.15, 0.2) is 42.6 Å². The Labute approximate surface area is 123 Å². The summed E-state index contributed by atoms with van der Waals surface area (Å²) in [6.45, 7) is 6.17. The van der Waals surface area contributed by atoms with Gasteiger partial charge in [-0.05, 0) is 49.2 Å². The molecule has 0 aliphatic carbocycles. The van der Waals surface area contributed by atoms with Crippen molar-refractivity contribution in [3.05, 3.63) is 59.4 Å². The predicted octanol–water partition coefficient (Wildman–Crippen LogP) is 4.31. The minimum Gasteiger partial charge on any atom is -0.366 e. The highest BCUT2D eigenvalue weighted by Gasteiger charge is 2.07. The van der Waals surface area contributed by atoms with Crippen molar-refractivity contribution in [1.82, 2.24) is 4.98 Å². The van der Waals surface area contributed by atoms with Crippen molar-refractivity contribution in [2.45, 2.75) is 25.7 Å². The minimum atomic E-state index is 0.852. The number of hydrogen-bond acceptors (Lipinski definition) is 2. The van der Waals surface area contributed by atoms with E-state index in [0.717, 1.165) is 24.1 Å². The van der Waals surface area contributed by atoms with E-state index in [4.69, 9.17) is 0 Å². The molecule has 0 aliphatic heterocycles. The highest BCUT2D eigenvalue weighted by molar-refractivity contribution is 9.08. The van der Waals surface area contributed by atoms with E-state index in [-0.39, 0.29) is 0 Å². The lowest BCUT2D eigenvalue weighted by molar-refractivity contribution is 0.809. The molecule has 0 spiro atoms. The van der Waals surface area contributed by atoms with Crippen LogP contribution in [0.1, 0.15) is 23.7 Å². The summed E-state index contributed by atoms with van der Waals surface area (Å²) in [6, 6.07) is 12.7. The van der Waals surface area contributed by atoms with Crippen LogP contribution in [0.3, 0.4) is 0 Å².